The van der Waals surface area contributed by atoms with Crippen molar-refractivity contribution in [2.45, 2.75) is 18.6 Å². The molecule has 1 fully saturated rings. The number of rotatable bonds is 2. The second-order valence-corrected chi connectivity index (χ2v) is 4.50. The molecule has 2 heterocycles. The van der Waals surface area contributed by atoms with Crippen LogP contribution in [0.2, 0.25) is 5.02 Å². The molecule has 0 unspecified atom stereocenters. The largest absolute Gasteiger partial charge is 0.480 e. The van der Waals surface area contributed by atoms with Gasteiger partial charge in [0.2, 0.25) is 0 Å². The molecule has 0 saturated carbocycles. The maximum absolute atomic E-state index is 12.1. The molecule has 0 spiro atoms. The predicted molar refractivity (Wildman–Crippen MR) is 62.3 cm³/mol. The smallest absolute Gasteiger partial charge is 0.326 e. The standard InChI is InChI=1S/C11H11ClN2O4/c12-6-1-2-8(13-4-6)10(16)14-5-7(15)3-9(14)11(17)18/h1-2,4,7,9,15H,3,5H2,(H,17,18)/t7-,9+/m1/s1. The molecule has 2 atom stereocenters. The topological polar surface area (TPSA) is 90.7 Å². The highest BCUT2D eigenvalue weighted by Crippen LogP contribution is 2.20. The molecule has 18 heavy (non-hydrogen) atoms. The van der Waals surface area contributed by atoms with E-state index in [1.807, 2.05) is 0 Å². The average Bonchev–Trinajstić information content (AvgIpc) is 2.71. The van der Waals surface area contributed by atoms with Gasteiger partial charge in [-0.25, -0.2) is 9.78 Å². The van der Waals surface area contributed by atoms with Crippen molar-refractivity contribution in [2.24, 2.45) is 0 Å². The van der Waals surface area contributed by atoms with Crippen molar-refractivity contribution in [1.82, 2.24) is 9.88 Å². The number of aliphatic hydroxyl groups is 1. The Bertz CT molecular complexity index is 476. The number of aliphatic carboxylic acids is 1. The molecule has 1 saturated heterocycles. The normalized spacial score (nSPS) is 23.1. The summed E-state index contributed by atoms with van der Waals surface area (Å²) in [4.78, 5) is 28.0. The van der Waals surface area contributed by atoms with Crippen molar-refractivity contribution < 1.29 is 19.8 Å². The number of aliphatic hydroxyl groups excluding tert-OH is 1. The molecular weight excluding hydrogens is 260 g/mol. The van der Waals surface area contributed by atoms with Gasteiger partial charge in [0.15, 0.2) is 0 Å². The number of nitrogens with zero attached hydrogens (tertiary/aromatic N) is 2. The van der Waals surface area contributed by atoms with E-state index < -0.39 is 24.0 Å². The third-order valence-electron chi connectivity index (χ3n) is 2.77. The van der Waals surface area contributed by atoms with E-state index in [2.05, 4.69) is 4.98 Å². The summed E-state index contributed by atoms with van der Waals surface area (Å²) in [5.74, 6) is -1.65. The molecule has 1 aromatic heterocycles. The zero-order chi connectivity index (χ0) is 13.3. The summed E-state index contributed by atoms with van der Waals surface area (Å²) < 4.78 is 0. The number of carboxylic acids is 1. The molecule has 7 heteroatoms. The average molecular weight is 271 g/mol. The van der Waals surface area contributed by atoms with Crippen LogP contribution in [0.15, 0.2) is 18.3 Å². The highest BCUT2D eigenvalue weighted by molar-refractivity contribution is 6.30. The van der Waals surface area contributed by atoms with E-state index in [4.69, 9.17) is 16.7 Å². The number of halogens is 1. The summed E-state index contributed by atoms with van der Waals surface area (Å²) in [6.07, 6.45) is 0.536. The second-order valence-electron chi connectivity index (χ2n) is 4.06. The fraction of sp³-hybridized carbons (Fsp3) is 0.364. The first-order valence-corrected chi connectivity index (χ1v) is 5.70. The number of carbonyl (C=O) groups excluding carboxylic acids is 1. The highest BCUT2D eigenvalue weighted by atomic mass is 35.5. The lowest BCUT2D eigenvalue weighted by Crippen LogP contribution is -2.40. The zero-order valence-corrected chi connectivity index (χ0v) is 10.0. The quantitative estimate of drug-likeness (QED) is 0.811. The molecule has 1 aromatic rings. The monoisotopic (exact) mass is 270 g/mol. The number of likely N-dealkylation sites (tertiary alicyclic amines) is 1. The minimum absolute atomic E-state index is 0.000106. The molecule has 0 bridgehead atoms. The summed E-state index contributed by atoms with van der Waals surface area (Å²) in [6.45, 7) is 0.000106. The van der Waals surface area contributed by atoms with E-state index in [0.29, 0.717) is 5.02 Å². The van der Waals surface area contributed by atoms with Gasteiger partial charge in [-0.3, -0.25) is 4.79 Å². The third kappa shape index (κ3) is 2.44. The molecule has 6 nitrogen and oxygen atoms in total. The van der Waals surface area contributed by atoms with E-state index in [0.717, 1.165) is 4.90 Å². The van der Waals surface area contributed by atoms with Crippen LogP contribution in [-0.2, 0) is 4.79 Å². The Kier molecular flexibility index (Phi) is 3.49. The minimum atomic E-state index is -1.13. The lowest BCUT2D eigenvalue weighted by atomic mass is 10.2. The summed E-state index contributed by atoms with van der Waals surface area (Å²) in [5.41, 5.74) is 0.111. The van der Waals surface area contributed by atoms with Gasteiger partial charge in [0.1, 0.15) is 11.7 Å². The van der Waals surface area contributed by atoms with Crippen LogP contribution in [0.25, 0.3) is 0 Å². The van der Waals surface area contributed by atoms with Crippen molar-refractivity contribution in [2.75, 3.05) is 6.54 Å². The predicted octanol–water partition coefficient (Wildman–Crippen LogP) is 0.395. The van der Waals surface area contributed by atoms with Crippen molar-refractivity contribution in [3.63, 3.8) is 0 Å². The summed E-state index contributed by atoms with van der Waals surface area (Å²) >= 11 is 5.66. The number of β-amino-alcohol motifs (C(OH)–C–C–N with tert-alkyl or cyclic N) is 1. The van der Waals surface area contributed by atoms with Crippen LogP contribution in [-0.4, -0.2) is 50.7 Å². The van der Waals surface area contributed by atoms with Crippen LogP contribution in [0.5, 0.6) is 0 Å². The van der Waals surface area contributed by atoms with E-state index in [-0.39, 0.29) is 18.7 Å². The maximum atomic E-state index is 12.1. The van der Waals surface area contributed by atoms with Gasteiger partial charge in [0.05, 0.1) is 11.1 Å². The van der Waals surface area contributed by atoms with Crippen LogP contribution in [0, 0.1) is 0 Å². The van der Waals surface area contributed by atoms with E-state index in [1.54, 1.807) is 0 Å². The second kappa shape index (κ2) is 4.91. The molecule has 0 aromatic carbocycles. The molecule has 1 aliphatic heterocycles. The Morgan fingerprint density at radius 1 is 1.44 bits per heavy atom. The van der Waals surface area contributed by atoms with Gasteiger partial charge in [-0.05, 0) is 12.1 Å². The number of hydrogen-bond donors (Lipinski definition) is 2. The van der Waals surface area contributed by atoms with Gasteiger partial charge in [-0.1, -0.05) is 11.6 Å². The van der Waals surface area contributed by atoms with Gasteiger partial charge in [0, 0.05) is 19.2 Å². The van der Waals surface area contributed by atoms with E-state index in [1.165, 1.54) is 18.3 Å². The fourth-order valence-corrected chi connectivity index (χ4v) is 2.03. The molecule has 2 rings (SSSR count). The Morgan fingerprint density at radius 2 is 2.17 bits per heavy atom. The molecule has 2 N–H and O–H groups in total. The van der Waals surface area contributed by atoms with Crippen LogP contribution >= 0.6 is 11.6 Å². The van der Waals surface area contributed by atoms with Crippen molar-refractivity contribution in [3.05, 3.63) is 29.0 Å². The van der Waals surface area contributed by atoms with E-state index in [9.17, 15) is 14.7 Å². The Balaban J connectivity index is 2.22. The summed E-state index contributed by atoms with van der Waals surface area (Å²) in [7, 11) is 0. The molecule has 0 radical (unpaired) electrons. The van der Waals surface area contributed by atoms with Crippen molar-refractivity contribution >= 4 is 23.5 Å². The van der Waals surface area contributed by atoms with Gasteiger partial charge >= 0.3 is 5.97 Å². The summed E-state index contributed by atoms with van der Waals surface area (Å²) in [6, 6.07) is 1.92. The molecular formula is C11H11ClN2O4. The highest BCUT2D eigenvalue weighted by Gasteiger charge is 2.39. The van der Waals surface area contributed by atoms with Gasteiger partial charge in [-0.2, -0.15) is 0 Å². The number of hydrogen-bond acceptors (Lipinski definition) is 4. The molecule has 1 amide bonds. The minimum Gasteiger partial charge on any atom is -0.480 e. The lowest BCUT2D eigenvalue weighted by Gasteiger charge is -2.20. The number of carbonyl (C=O) groups is 2. The van der Waals surface area contributed by atoms with Gasteiger partial charge in [0.25, 0.3) is 5.91 Å². The molecule has 96 valence electrons. The first-order valence-electron chi connectivity index (χ1n) is 5.32. The maximum Gasteiger partial charge on any atom is 0.326 e. The Morgan fingerprint density at radius 3 is 2.72 bits per heavy atom. The van der Waals surface area contributed by atoms with Gasteiger partial charge < -0.3 is 15.1 Å². The number of amides is 1. The molecule has 1 aliphatic rings. The van der Waals surface area contributed by atoms with Crippen LogP contribution in [0.3, 0.4) is 0 Å². The number of pyridine rings is 1. The van der Waals surface area contributed by atoms with Gasteiger partial charge in [-0.15, -0.1) is 0 Å². The molecule has 0 aliphatic carbocycles. The van der Waals surface area contributed by atoms with Crippen LogP contribution in [0.1, 0.15) is 16.9 Å². The summed E-state index contributed by atoms with van der Waals surface area (Å²) in [5, 5.41) is 18.8. The zero-order valence-electron chi connectivity index (χ0n) is 9.28. The number of carboxylic acid groups (broad SMARTS) is 1. The van der Waals surface area contributed by atoms with Crippen molar-refractivity contribution in [3.8, 4) is 0 Å². The van der Waals surface area contributed by atoms with Crippen LogP contribution in [0.4, 0.5) is 0 Å². The van der Waals surface area contributed by atoms with Crippen molar-refractivity contribution in [1.29, 1.82) is 0 Å². The Labute approximate surface area is 108 Å². The first kappa shape index (κ1) is 12.8. The first-order chi connectivity index (χ1) is 8.49. The third-order valence-corrected chi connectivity index (χ3v) is 3.00. The SMILES string of the molecule is O=C(O)[C@@H]1C[C@@H](O)CN1C(=O)c1ccc(Cl)cn1. The fourth-order valence-electron chi connectivity index (χ4n) is 1.92. The lowest BCUT2D eigenvalue weighted by molar-refractivity contribution is -0.141. The van der Waals surface area contributed by atoms with E-state index >= 15 is 0 Å². The van der Waals surface area contributed by atoms with Crippen LogP contribution < -0.4 is 0 Å². The Hall–Kier alpha value is -1.66. The number of aromatic nitrogens is 1.